The van der Waals surface area contributed by atoms with Crippen molar-refractivity contribution in [2.75, 3.05) is 32.2 Å². The number of hydrogen-bond donors (Lipinski definition) is 1. The van der Waals surface area contributed by atoms with Crippen LogP contribution in [0.2, 0.25) is 10.0 Å². The van der Waals surface area contributed by atoms with Crippen LogP contribution in [-0.4, -0.2) is 61.1 Å². The minimum absolute atomic E-state index is 0.199. The molecule has 6 nitrogen and oxygen atoms in total. The number of carbonyl (C=O) groups excluding carboxylic acids is 2. The zero-order valence-corrected chi connectivity index (χ0v) is 19.6. The molecule has 0 radical (unpaired) electrons. The number of ether oxygens (including phenoxy) is 2. The molecule has 166 valence electrons. The van der Waals surface area contributed by atoms with Gasteiger partial charge in [0.2, 0.25) is 5.91 Å². The fraction of sp³-hybridized carbons (Fsp3) is 0.364. The Hall–Kier alpha value is -2.09. The van der Waals surface area contributed by atoms with Gasteiger partial charge in [-0.3, -0.25) is 9.59 Å². The van der Waals surface area contributed by atoms with E-state index in [-0.39, 0.29) is 22.6 Å². The molecule has 0 fully saturated rings. The summed E-state index contributed by atoms with van der Waals surface area (Å²) in [6.45, 7) is 0.678. The van der Waals surface area contributed by atoms with Gasteiger partial charge in [-0.2, -0.15) is 11.8 Å². The Kier molecular flexibility index (Phi) is 8.35. The Labute approximate surface area is 196 Å². The highest BCUT2D eigenvalue weighted by Crippen LogP contribution is 2.31. The van der Waals surface area contributed by atoms with Crippen LogP contribution in [0.3, 0.4) is 0 Å². The third-order valence-electron chi connectivity index (χ3n) is 4.81. The van der Waals surface area contributed by atoms with Crippen LogP contribution in [0.15, 0.2) is 42.5 Å². The Balaban J connectivity index is 1.65. The van der Waals surface area contributed by atoms with Crippen LogP contribution in [0.5, 0.6) is 11.5 Å². The topological polar surface area (TPSA) is 67.9 Å². The van der Waals surface area contributed by atoms with E-state index in [2.05, 4.69) is 5.32 Å². The molecule has 0 bridgehead atoms. The molecular weight excluding hydrogens is 459 g/mol. The van der Waals surface area contributed by atoms with Crippen molar-refractivity contribution in [1.82, 2.24) is 10.2 Å². The number of likely N-dealkylation sites (N-methyl/N-ethyl adjacent to an activating group) is 1. The second-order valence-electron chi connectivity index (χ2n) is 7.15. The standard InChI is InChI=1S/C22H24Cl2N2O4S/c1-26(12-15-13-29-19-5-3-4-6-20(19)30-15)22(28)18(9-10-31-2)25-21(27)16-8-7-14(23)11-17(16)24/h3-8,11,15,18H,9-10,12-13H2,1-2H3,(H,25,27). The van der Waals surface area contributed by atoms with Gasteiger partial charge in [-0.25, -0.2) is 0 Å². The maximum Gasteiger partial charge on any atom is 0.253 e. The maximum absolute atomic E-state index is 13.1. The number of hydrogen-bond acceptors (Lipinski definition) is 5. The lowest BCUT2D eigenvalue weighted by Gasteiger charge is -2.31. The van der Waals surface area contributed by atoms with Crippen molar-refractivity contribution in [2.45, 2.75) is 18.6 Å². The first-order valence-corrected chi connectivity index (χ1v) is 11.9. The Morgan fingerprint density at radius 1 is 1.23 bits per heavy atom. The Morgan fingerprint density at radius 2 is 1.97 bits per heavy atom. The number of fused-ring (bicyclic) bond motifs is 1. The van der Waals surface area contributed by atoms with Gasteiger partial charge in [-0.1, -0.05) is 35.3 Å². The van der Waals surface area contributed by atoms with Gasteiger partial charge < -0.3 is 19.7 Å². The highest BCUT2D eigenvalue weighted by Gasteiger charge is 2.29. The van der Waals surface area contributed by atoms with Crippen molar-refractivity contribution in [3.63, 3.8) is 0 Å². The van der Waals surface area contributed by atoms with E-state index in [4.69, 9.17) is 32.7 Å². The van der Waals surface area contributed by atoms with Crippen LogP contribution in [0.1, 0.15) is 16.8 Å². The first-order chi connectivity index (χ1) is 14.9. The van der Waals surface area contributed by atoms with Gasteiger partial charge in [0.25, 0.3) is 5.91 Å². The lowest BCUT2D eigenvalue weighted by atomic mass is 10.1. The molecule has 2 unspecified atom stereocenters. The van der Waals surface area contributed by atoms with Gasteiger partial charge in [0.05, 0.1) is 17.1 Å². The van der Waals surface area contributed by atoms with Crippen molar-refractivity contribution >= 4 is 46.8 Å². The number of nitrogens with zero attached hydrogens (tertiary/aromatic N) is 1. The van der Waals surface area contributed by atoms with Gasteiger partial charge in [0, 0.05) is 12.1 Å². The van der Waals surface area contributed by atoms with Gasteiger partial charge in [0.1, 0.15) is 12.6 Å². The molecule has 31 heavy (non-hydrogen) atoms. The van der Waals surface area contributed by atoms with Crippen LogP contribution < -0.4 is 14.8 Å². The summed E-state index contributed by atoms with van der Waals surface area (Å²) < 4.78 is 11.7. The summed E-state index contributed by atoms with van der Waals surface area (Å²) >= 11 is 13.7. The van der Waals surface area contributed by atoms with E-state index in [1.807, 2.05) is 30.5 Å². The van der Waals surface area contributed by atoms with Gasteiger partial charge in [-0.05, 0) is 48.8 Å². The summed E-state index contributed by atoms with van der Waals surface area (Å²) in [5.74, 6) is 1.45. The molecule has 1 N–H and O–H groups in total. The van der Waals surface area contributed by atoms with E-state index in [0.717, 1.165) is 5.75 Å². The molecule has 0 aromatic heterocycles. The molecule has 2 aromatic carbocycles. The zero-order valence-electron chi connectivity index (χ0n) is 17.3. The summed E-state index contributed by atoms with van der Waals surface area (Å²) in [5.41, 5.74) is 0.274. The monoisotopic (exact) mass is 482 g/mol. The quantitative estimate of drug-likeness (QED) is 0.612. The highest BCUT2D eigenvalue weighted by molar-refractivity contribution is 7.98. The molecule has 9 heteroatoms. The smallest absolute Gasteiger partial charge is 0.253 e. The second kappa shape index (κ2) is 11.0. The third-order valence-corrected chi connectivity index (χ3v) is 6.00. The largest absolute Gasteiger partial charge is 0.486 e. The number of amides is 2. The first kappa shape index (κ1) is 23.6. The Morgan fingerprint density at radius 3 is 2.68 bits per heavy atom. The normalized spacial score (nSPS) is 15.8. The van der Waals surface area contributed by atoms with Gasteiger partial charge in [-0.15, -0.1) is 0 Å². The number of benzene rings is 2. The van der Waals surface area contributed by atoms with E-state index in [0.29, 0.717) is 36.1 Å². The minimum Gasteiger partial charge on any atom is -0.486 e. The molecule has 3 rings (SSSR count). The predicted octanol–water partition coefficient (Wildman–Crippen LogP) is 4.14. The summed E-state index contributed by atoms with van der Waals surface area (Å²) in [5, 5.41) is 3.49. The molecular formula is C22H24Cl2N2O4S. The molecule has 2 atom stereocenters. The average molecular weight is 483 g/mol. The zero-order chi connectivity index (χ0) is 22.4. The molecule has 2 amide bonds. The van der Waals surface area contributed by atoms with Gasteiger partial charge >= 0.3 is 0 Å². The third kappa shape index (κ3) is 6.21. The fourth-order valence-electron chi connectivity index (χ4n) is 3.22. The minimum atomic E-state index is -0.687. The van der Waals surface area contributed by atoms with Crippen molar-refractivity contribution in [3.05, 3.63) is 58.1 Å². The van der Waals surface area contributed by atoms with E-state index < -0.39 is 11.9 Å². The molecule has 1 aliphatic rings. The van der Waals surface area contributed by atoms with Crippen molar-refractivity contribution in [3.8, 4) is 11.5 Å². The molecule has 0 aliphatic carbocycles. The van der Waals surface area contributed by atoms with Crippen LogP contribution in [-0.2, 0) is 4.79 Å². The molecule has 0 spiro atoms. The van der Waals surface area contributed by atoms with Crippen LogP contribution in [0.4, 0.5) is 0 Å². The number of thioether (sulfide) groups is 1. The summed E-state index contributed by atoms with van der Waals surface area (Å²) in [4.78, 5) is 27.4. The van der Waals surface area contributed by atoms with E-state index in [1.165, 1.54) is 6.07 Å². The van der Waals surface area contributed by atoms with Crippen LogP contribution >= 0.6 is 35.0 Å². The predicted molar refractivity (Wildman–Crippen MR) is 125 cm³/mol. The van der Waals surface area contributed by atoms with Crippen molar-refractivity contribution < 1.29 is 19.1 Å². The second-order valence-corrected chi connectivity index (χ2v) is 8.98. The first-order valence-electron chi connectivity index (χ1n) is 9.77. The summed E-state index contributed by atoms with van der Waals surface area (Å²) in [7, 11) is 1.69. The average Bonchev–Trinajstić information content (AvgIpc) is 2.75. The van der Waals surface area contributed by atoms with E-state index >= 15 is 0 Å². The van der Waals surface area contributed by atoms with Crippen LogP contribution in [0, 0.1) is 0 Å². The molecule has 2 aromatic rings. The number of nitrogens with one attached hydrogen (secondary N) is 1. The summed E-state index contributed by atoms with van der Waals surface area (Å²) in [6, 6.07) is 11.4. The molecule has 0 saturated carbocycles. The van der Waals surface area contributed by atoms with Crippen LogP contribution in [0.25, 0.3) is 0 Å². The summed E-state index contributed by atoms with van der Waals surface area (Å²) in [6.07, 6.45) is 2.14. The Bertz CT molecular complexity index is 943. The highest BCUT2D eigenvalue weighted by atomic mass is 35.5. The SMILES string of the molecule is CSCCC(NC(=O)c1ccc(Cl)cc1Cl)C(=O)N(C)CC1COc2ccccc2O1. The number of rotatable bonds is 8. The number of carbonyl (C=O) groups is 2. The van der Waals surface area contributed by atoms with E-state index in [1.54, 1.807) is 35.8 Å². The van der Waals surface area contributed by atoms with E-state index in [9.17, 15) is 9.59 Å². The fourth-order valence-corrected chi connectivity index (χ4v) is 4.18. The maximum atomic E-state index is 13.1. The van der Waals surface area contributed by atoms with Gasteiger partial charge in [0.15, 0.2) is 17.6 Å². The number of halogens is 2. The lowest BCUT2D eigenvalue weighted by molar-refractivity contribution is -0.133. The van der Waals surface area contributed by atoms with Crippen molar-refractivity contribution in [1.29, 1.82) is 0 Å². The molecule has 0 saturated heterocycles. The molecule has 1 heterocycles. The van der Waals surface area contributed by atoms with Crippen molar-refractivity contribution in [2.24, 2.45) is 0 Å². The molecule has 1 aliphatic heterocycles. The number of para-hydroxylation sites is 2. The lowest BCUT2D eigenvalue weighted by Crippen LogP contribution is -2.50.